The second-order valence-electron chi connectivity index (χ2n) is 11.0. The van der Waals surface area contributed by atoms with Gasteiger partial charge < -0.3 is 24.4 Å². The number of benzene rings is 4. The van der Waals surface area contributed by atoms with Crippen LogP contribution in [0.15, 0.2) is 103 Å². The first-order chi connectivity index (χ1) is 22.5. The van der Waals surface area contributed by atoms with Gasteiger partial charge in [0.25, 0.3) is 0 Å². The van der Waals surface area contributed by atoms with Gasteiger partial charge in [-0.05, 0) is 53.1 Å². The van der Waals surface area contributed by atoms with Gasteiger partial charge in [-0.3, -0.25) is 25.8 Å². The van der Waals surface area contributed by atoms with E-state index in [0.29, 0.717) is 48.0 Å². The lowest BCUT2D eigenvalue weighted by Crippen LogP contribution is -2.38. The van der Waals surface area contributed by atoms with E-state index in [2.05, 4.69) is 10.2 Å². The van der Waals surface area contributed by atoms with E-state index in [1.807, 2.05) is 89.2 Å². The number of amidine groups is 1. The van der Waals surface area contributed by atoms with Crippen molar-refractivity contribution in [3.05, 3.63) is 125 Å². The van der Waals surface area contributed by atoms with E-state index in [0.717, 1.165) is 44.0 Å². The molecule has 0 aliphatic carbocycles. The van der Waals surface area contributed by atoms with Gasteiger partial charge in [-0.2, -0.15) is 0 Å². The average Bonchev–Trinajstić information content (AvgIpc) is 3.11. The number of morpholine rings is 1. The molecule has 1 saturated heterocycles. The first-order valence-electron chi connectivity index (χ1n) is 15.4. The third kappa shape index (κ3) is 8.85. The number of carbonyl (C=O) groups is 1. The Bertz CT molecular complexity index is 1510. The molecule has 240 valence electrons. The highest BCUT2D eigenvalue weighted by Gasteiger charge is 2.28. The quantitative estimate of drug-likeness (QED) is 0.0872. The molecule has 0 bridgehead atoms. The van der Waals surface area contributed by atoms with E-state index in [1.54, 1.807) is 31.4 Å². The zero-order chi connectivity index (χ0) is 32.1. The van der Waals surface area contributed by atoms with E-state index >= 15 is 0 Å². The van der Waals surface area contributed by atoms with E-state index in [4.69, 9.17) is 24.8 Å². The summed E-state index contributed by atoms with van der Waals surface area (Å²) in [5.41, 5.74) is 5.80. The predicted octanol–water partition coefficient (Wildman–Crippen LogP) is 5.09. The van der Waals surface area contributed by atoms with Gasteiger partial charge in [-0.1, -0.05) is 66.7 Å². The second-order valence-corrected chi connectivity index (χ2v) is 11.0. The monoisotopic (exact) mass is 623 g/mol. The molecule has 0 spiro atoms. The molecule has 0 radical (unpaired) electrons. The first-order valence-corrected chi connectivity index (χ1v) is 15.4. The number of hydrogen-bond donors (Lipinski definition) is 4. The SMILES string of the molecule is COc1cc([C@@H](Nc2ccc(C(=N)NO)cc2)C(=O)N(Cc2ccccc2)Cc2ccccc2)ccc1OCCN1CCOCC1. The maximum Gasteiger partial charge on any atom is 0.250 e. The molecule has 0 saturated carbocycles. The van der Waals surface area contributed by atoms with E-state index < -0.39 is 6.04 Å². The largest absolute Gasteiger partial charge is 0.493 e. The maximum absolute atomic E-state index is 14.6. The Morgan fingerprint density at radius 3 is 2.13 bits per heavy atom. The van der Waals surface area contributed by atoms with Crippen LogP contribution in [0.1, 0.15) is 28.3 Å². The Hall–Kier alpha value is -4.90. The number of amides is 1. The summed E-state index contributed by atoms with van der Waals surface area (Å²) in [4.78, 5) is 18.8. The van der Waals surface area contributed by atoms with Crippen LogP contribution < -0.4 is 20.3 Å². The third-order valence-electron chi connectivity index (χ3n) is 7.88. The van der Waals surface area contributed by atoms with Gasteiger partial charge in [0, 0.05) is 44.0 Å². The summed E-state index contributed by atoms with van der Waals surface area (Å²) < 4.78 is 17.3. The number of ether oxygens (including phenoxy) is 3. The average molecular weight is 624 g/mol. The molecule has 0 unspecified atom stereocenters. The molecule has 5 rings (SSSR count). The van der Waals surface area contributed by atoms with Gasteiger partial charge in [0.2, 0.25) is 5.91 Å². The molecule has 1 amide bonds. The fourth-order valence-corrected chi connectivity index (χ4v) is 5.35. The maximum atomic E-state index is 14.6. The highest BCUT2D eigenvalue weighted by atomic mass is 16.5. The molecule has 1 aliphatic rings. The minimum atomic E-state index is -0.773. The van der Waals surface area contributed by atoms with Crippen LogP contribution in [0.2, 0.25) is 0 Å². The van der Waals surface area contributed by atoms with Crippen LogP contribution >= 0.6 is 0 Å². The number of carbonyl (C=O) groups excluding carboxylic acids is 1. The summed E-state index contributed by atoms with van der Waals surface area (Å²) in [5.74, 6) is 0.902. The van der Waals surface area contributed by atoms with Crippen LogP contribution in [-0.4, -0.2) is 73.3 Å². The van der Waals surface area contributed by atoms with Crippen molar-refractivity contribution < 1.29 is 24.2 Å². The normalized spacial score (nSPS) is 13.8. The number of rotatable bonds is 14. The van der Waals surface area contributed by atoms with E-state index in [9.17, 15) is 4.79 Å². The van der Waals surface area contributed by atoms with Crippen LogP contribution in [0.3, 0.4) is 0 Å². The number of nitrogens with one attached hydrogen (secondary N) is 3. The summed E-state index contributed by atoms with van der Waals surface area (Å²) >= 11 is 0. The smallest absolute Gasteiger partial charge is 0.250 e. The lowest BCUT2D eigenvalue weighted by Gasteiger charge is -2.29. The molecule has 1 heterocycles. The van der Waals surface area contributed by atoms with Crippen LogP contribution in [-0.2, 0) is 22.6 Å². The molecule has 0 aromatic heterocycles. The van der Waals surface area contributed by atoms with Crippen molar-refractivity contribution in [1.82, 2.24) is 15.3 Å². The van der Waals surface area contributed by atoms with Crippen molar-refractivity contribution in [3.8, 4) is 11.5 Å². The minimum Gasteiger partial charge on any atom is -0.493 e. The summed E-state index contributed by atoms with van der Waals surface area (Å²) in [6.45, 7) is 5.36. The molecule has 4 N–H and O–H groups in total. The molecule has 1 fully saturated rings. The highest BCUT2D eigenvalue weighted by Crippen LogP contribution is 2.33. The zero-order valence-electron chi connectivity index (χ0n) is 26.0. The molecule has 10 nitrogen and oxygen atoms in total. The lowest BCUT2D eigenvalue weighted by molar-refractivity contribution is -0.133. The van der Waals surface area contributed by atoms with Crippen LogP contribution in [0.25, 0.3) is 0 Å². The Kier molecular flexibility index (Phi) is 11.6. The van der Waals surface area contributed by atoms with Crippen LogP contribution in [0.4, 0.5) is 5.69 Å². The van der Waals surface area contributed by atoms with Crippen molar-refractivity contribution >= 4 is 17.4 Å². The summed E-state index contributed by atoms with van der Waals surface area (Å²) in [6, 6.07) is 31.7. The molecule has 46 heavy (non-hydrogen) atoms. The summed E-state index contributed by atoms with van der Waals surface area (Å²) in [7, 11) is 1.60. The van der Waals surface area contributed by atoms with Crippen LogP contribution in [0.5, 0.6) is 11.5 Å². The Labute approximate surface area is 270 Å². The zero-order valence-corrected chi connectivity index (χ0v) is 26.0. The summed E-state index contributed by atoms with van der Waals surface area (Å²) in [5, 5.41) is 20.4. The van der Waals surface area contributed by atoms with Crippen molar-refractivity contribution in [2.24, 2.45) is 0 Å². The van der Waals surface area contributed by atoms with Gasteiger partial charge in [0.15, 0.2) is 11.5 Å². The second kappa shape index (κ2) is 16.4. The van der Waals surface area contributed by atoms with Crippen molar-refractivity contribution in [2.75, 3.05) is 51.9 Å². The fourth-order valence-electron chi connectivity index (χ4n) is 5.35. The van der Waals surface area contributed by atoms with Gasteiger partial charge in [-0.25, -0.2) is 0 Å². The highest BCUT2D eigenvalue weighted by molar-refractivity contribution is 5.96. The topological polar surface area (TPSA) is 119 Å². The molecular weight excluding hydrogens is 582 g/mol. The molecular formula is C36H41N5O5. The molecule has 10 heteroatoms. The molecule has 1 aliphatic heterocycles. The van der Waals surface area contributed by atoms with Gasteiger partial charge >= 0.3 is 0 Å². The fraction of sp³-hybridized carbons (Fsp3) is 0.278. The van der Waals surface area contributed by atoms with Crippen molar-refractivity contribution in [1.29, 1.82) is 5.41 Å². The number of hydrogen-bond acceptors (Lipinski definition) is 8. The minimum absolute atomic E-state index is 0.120. The Balaban J connectivity index is 1.44. The number of methoxy groups -OCH3 is 1. The third-order valence-corrected chi connectivity index (χ3v) is 7.88. The van der Waals surface area contributed by atoms with E-state index in [-0.39, 0.29) is 11.7 Å². The standard InChI is InChI=1S/C36H41N5O5/c1-44-33-24-30(14-17-32(33)46-23-20-40-18-21-45-22-19-40)34(38-31-15-12-29(13-16-31)35(37)39-43)36(42)41(25-27-8-4-2-5-9-27)26-28-10-6-3-7-11-28/h2-17,24,34,38,43H,18-23,25-26H2,1H3,(H2,37,39)/t34-/m1/s1. The molecule has 4 aromatic rings. The predicted molar refractivity (Wildman–Crippen MR) is 177 cm³/mol. The molecule has 1 atom stereocenters. The first kappa shape index (κ1) is 32.5. The Morgan fingerprint density at radius 1 is 0.913 bits per heavy atom. The van der Waals surface area contributed by atoms with E-state index in [1.165, 1.54) is 0 Å². The van der Waals surface area contributed by atoms with Crippen molar-refractivity contribution in [3.63, 3.8) is 0 Å². The summed E-state index contributed by atoms with van der Waals surface area (Å²) in [6.07, 6.45) is 0. The van der Waals surface area contributed by atoms with Crippen molar-refractivity contribution in [2.45, 2.75) is 19.1 Å². The molecule has 4 aromatic carbocycles. The van der Waals surface area contributed by atoms with Gasteiger partial charge in [-0.15, -0.1) is 0 Å². The van der Waals surface area contributed by atoms with Crippen LogP contribution in [0, 0.1) is 5.41 Å². The lowest BCUT2D eigenvalue weighted by atomic mass is 10.0. The van der Waals surface area contributed by atoms with Gasteiger partial charge in [0.05, 0.1) is 20.3 Å². The van der Waals surface area contributed by atoms with Gasteiger partial charge in [0.1, 0.15) is 18.5 Å². The number of nitrogens with zero attached hydrogens (tertiary/aromatic N) is 2. The Morgan fingerprint density at radius 2 is 1.54 bits per heavy atom. The number of hydroxylamine groups is 1. The number of anilines is 1.